The highest BCUT2D eigenvalue weighted by molar-refractivity contribution is 5.81. The molecule has 0 bridgehead atoms. The standard InChI is InChI=1S/C17H33N5O/c1-2-18-17(21-11-10-19-16(23)15-7-8-15)20-9-3-4-12-22-13-5-6-14-22/h15H,2-14H2,1H3,(H,19,23)(H2,18,20,21). The molecule has 0 aromatic rings. The first-order valence-electron chi connectivity index (χ1n) is 9.32. The lowest BCUT2D eigenvalue weighted by Crippen LogP contribution is -2.41. The number of amides is 1. The Labute approximate surface area is 140 Å². The summed E-state index contributed by atoms with van der Waals surface area (Å²) in [6, 6.07) is 0. The fourth-order valence-electron chi connectivity index (χ4n) is 2.84. The Bertz CT molecular complexity index is 375. The van der Waals surface area contributed by atoms with E-state index in [1.807, 2.05) is 0 Å². The van der Waals surface area contributed by atoms with Crippen LogP contribution >= 0.6 is 0 Å². The van der Waals surface area contributed by atoms with E-state index >= 15 is 0 Å². The largest absolute Gasteiger partial charge is 0.357 e. The molecule has 3 N–H and O–H groups in total. The molecular formula is C17H33N5O. The summed E-state index contributed by atoms with van der Waals surface area (Å²) in [5.41, 5.74) is 0. The van der Waals surface area contributed by atoms with Crippen molar-refractivity contribution in [2.75, 3.05) is 45.8 Å². The number of unbranched alkanes of at least 4 members (excludes halogenated alkanes) is 1. The molecular weight excluding hydrogens is 290 g/mol. The monoisotopic (exact) mass is 323 g/mol. The number of aliphatic imine (C=N–C) groups is 1. The van der Waals surface area contributed by atoms with Crippen LogP contribution in [0.15, 0.2) is 4.99 Å². The Hall–Kier alpha value is -1.30. The molecule has 0 aromatic carbocycles. The van der Waals surface area contributed by atoms with Crippen LogP contribution in [0, 0.1) is 5.92 Å². The highest BCUT2D eigenvalue weighted by atomic mass is 16.2. The first-order valence-corrected chi connectivity index (χ1v) is 9.32. The molecule has 0 aromatic heterocycles. The van der Waals surface area contributed by atoms with Gasteiger partial charge in [-0.15, -0.1) is 0 Å². The second kappa shape index (κ2) is 10.5. The molecule has 1 heterocycles. The van der Waals surface area contributed by atoms with Crippen molar-refractivity contribution in [1.29, 1.82) is 0 Å². The van der Waals surface area contributed by atoms with Crippen molar-refractivity contribution in [1.82, 2.24) is 20.9 Å². The van der Waals surface area contributed by atoms with Gasteiger partial charge in [-0.05, 0) is 65.1 Å². The van der Waals surface area contributed by atoms with Gasteiger partial charge in [-0.1, -0.05) is 0 Å². The number of hydrogen-bond donors (Lipinski definition) is 3. The molecule has 1 saturated carbocycles. The molecule has 0 atom stereocenters. The Morgan fingerprint density at radius 1 is 1.09 bits per heavy atom. The first-order chi connectivity index (χ1) is 11.3. The number of likely N-dealkylation sites (tertiary alicyclic amines) is 1. The maximum absolute atomic E-state index is 11.5. The zero-order valence-corrected chi connectivity index (χ0v) is 14.6. The van der Waals surface area contributed by atoms with Crippen LogP contribution in [0.5, 0.6) is 0 Å². The summed E-state index contributed by atoms with van der Waals surface area (Å²) in [6.07, 6.45) is 7.20. The van der Waals surface area contributed by atoms with Crippen molar-refractivity contribution in [2.24, 2.45) is 10.9 Å². The topological polar surface area (TPSA) is 68.8 Å². The molecule has 2 rings (SSSR count). The number of nitrogens with zero attached hydrogens (tertiary/aromatic N) is 2. The quantitative estimate of drug-likeness (QED) is 0.318. The highest BCUT2D eigenvalue weighted by Gasteiger charge is 2.28. The van der Waals surface area contributed by atoms with Gasteiger partial charge in [0.25, 0.3) is 0 Å². The first kappa shape index (κ1) is 18.0. The summed E-state index contributed by atoms with van der Waals surface area (Å²) < 4.78 is 0. The van der Waals surface area contributed by atoms with Crippen molar-refractivity contribution < 1.29 is 4.79 Å². The molecule has 23 heavy (non-hydrogen) atoms. The molecule has 2 aliphatic rings. The number of guanidine groups is 1. The number of carbonyl (C=O) groups excluding carboxylic acids is 1. The third kappa shape index (κ3) is 7.68. The number of rotatable bonds is 10. The Morgan fingerprint density at radius 3 is 2.52 bits per heavy atom. The fraction of sp³-hybridized carbons (Fsp3) is 0.882. The minimum Gasteiger partial charge on any atom is -0.357 e. The molecule has 1 amide bonds. The Morgan fingerprint density at radius 2 is 1.83 bits per heavy atom. The maximum Gasteiger partial charge on any atom is 0.223 e. The number of hydrogen-bond acceptors (Lipinski definition) is 3. The zero-order valence-electron chi connectivity index (χ0n) is 14.6. The van der Waals surface area contributed by atoms with Crippen molar-refractivity contribution in [3.63, 3.8) is 0 Å². The van der Waals surface area contributed by atoms with E-state index in [1.165, 1.54) is 38.9 Å². The van der Waals surface area contributed by atoms with Crippen molar-refractivity contribution in [3.05, 3.63) is 0 Å². The fourth-order valence-corrected chi connectivity index (χ4v) is 2.84. The van der Waals surface area contributed by atoms with Crippen LogP contribution in [-0.2, 0) is 4.79 Å². The highest BCUT2D eigenvalue weighted by Crippen LogP contribution is 2.28. The van der Waals surface area contributed by atoms with Crippen LogP contribution in [0.25, 0.3) is 0 Å². The van der Waals surface area contributed by atoms with Gasteiger partial charge in [0.05, 0.1) is 0 Å². The average molecular weight is 323 g/mol. The summed E-state index contributed by atoms with van der Waals surface area (Å²) in [6.45, 7) is 8.94. The summed E-state index contributed by atoms with van der Waals surface area (Å²) in [7, 11) is 0. The van der Waals surface area contributed by atoms with E-state index in [0.717, 1.165) is 44.9 Å². The zero-order chi connectivity index (χ0) is 16.3. The van der Waals surface area contributed by atoms with E-state index in [-0.39, 0.29) is 11.8 Å². The molecule has 6 nitrogen and oxygen atoms in total. The van der Waals surface area contributed by atoms with Crippen molar-refractivity contribution >= 4 is 11.9 Å². The predicted molar refractivity (Wildman–Crippen MR) is 94.6 cm³/mol. The second-order valence-electron chi connectivity index (χ2n) is 6.51. The third-order valence-electron chi connectivity index (χ3n) is 4.36. The van der Waals surface area contributed by atoms with E-state index in [0.29, 0.717) is 6.54 Å². The van der Waals surface area contributed by atoms with E-state index in [9.17, 15) is 4.79 Å². The molecule has 2 fully saturated rings. The van der Waals surface area contributed by atoms with Crippen molar-refractivity contribution in [3.8, 4) is 0 Å². The Balaban J connectivity index is 1.52. The van der Waals surface area contributed by atoms with Gasteiger partial charge < -0.3 is 20.9 Å². The molecule has 1 aliphatic heterocycles. The van der Waals surface area contributed by atoms with Crippen LogP contribution in [0.2, 0.25) is 0 Å². The van der Waals surface area contributed by atoms with Crippen molar-refractivity contribution in [2.45, 2.75) is 45.4 Å². The van der Waals surface area contributed by atoms with Gasteiger partial charge in [0.2, 0.25) is 5.91 Å². The lowest BCUT2D eigenvalue weighted by molar-refractivity contribution is -0.122. The van der Waals surface area contributed by atoms with Crippen LogP contribution in [0.1, 0.15) is 45.4 Å². The van der Waals surface area contributed by atoms with Gasteiger partial charge in [0, 0.05) is 32.1 Å². The van der Waals surface area contributed by atoms with E-state index in [1.54, 1.807) is 0 Å². The average Bonchev–Trinajstić information content (AvgIpc) is 3.28. The molecule has 0 spiro atoms. The second-order valence-corrected chi connectivity index (χ2v) is 6.51. The minimum atomic E-state index is 0.204. The van der Waals surface area contributed by atoms with Gasteiger partial charge in [0.1, 0.15) is 0 Å². The van der Waals surface area contributed by atoms with Gasteiger partial charge in [-0.3, -0.25) is 9.79 Å². The Kier molecular flexibility index (Phi) is 8.21. The smallest absolute Gasteiger partial charge is 0.223 e. The lowest BCUT2D eigenvalue weighted by Gasteiger charge is -2.14. The summed E-state index contributed by atoms with van der Waals surface area (Å²) >= 11 is 0. The van der Waals surface area contributed by atoms with E-state index < -0.39 is 0 Å². The van der Waals surface area contributed by atoms with Gasteiger partial charge in [-0.2, -0.15) is 0 Å². The maximum atomic E-state index is 11.5. The number of nitrogens with one attached hydrogen (secondary N) is 3. The third-order valence-corrected chi connectivity index (χ3v) is 4.36. The van der Waals surface area contributed by atoms with E-state index in [2.05, 4.69) is 32.8 Å². The van der Waals surface area contributed by atoms with E-state index in [4.69, 9.17) is 0 Å². The van der Waals surface area contributed by atoms with Crippen LogP contribution in [-0.4, -0.2) is 62.6 Å². The predicted octanol–water partition coefficient (Wildman–Crippen LogP) is 0.944. The summed E-state index contributed by atoms with van der Waals surface area (Å²) in [5.74, 6) is 1.34. The van der Waals surface area contributed by atoms with Crippen LogP contribution in [0.4, 0.5) is 0 Å². The molecule has 6 heteroatoms. The SMILES string of the molecule is CCNC(=NCCCCN1CCCC1)NCCNC(=O)C1CC1. The molecule has 0 radical (unpaired) electrons. The number of carbonyl (C=O) groups is 1. The summed E-state index contributed by atoms with van der Waals surface area (Å²) in [5, 5.41) is 9.49. The molecule has 0 unspecified atom stereocenters. The van der Waals surface area contributed by atoms with Crippen LogP contribution in [0.3, 0.4) is 0 Å². The van der Waals surface area contributed by atoms with Gasteiger partial charge in [-0.25, -0.2) is 0 Å². The minimum absolute atomic E-state index is 0.204. The molecule has 132 valence electrons. The molecule has 1 saturated heterocycles. The van der Waals surface area contributed by atoms with Gasteiger partial charge >= 0.3 is 0 Å². The van der Waals surface area contributed by atoms with Gasteiger partial charge in [0.15, 0.2) is 5.96 Å². The van der Waals surface area contributed by atoms with Crippen LogP contribution < -0.4 is 16.0 Å². The normalized spacial score (nSPS) is 18.9. The molecule has 1 aliphatic carbocycles. The lowest BCUT2D eigenvalue weighted by atomic mass is 10.3. The summed E-state index contributed by atoms with van der Waals surface area (Å²) in [4.78, 5) is 18.7.